The highest BCUT2D eigenvalue weighted by Crippen LogP contribution is 2.61. The quantitative estimate of drug-likeness (QED) is 0.594. The zero-order chi connectivity index (χ0) is 19.0. The Morgan fingerprint density at radius 3 is 2.26 bits per heavy atom. The molecule has 4 bridgehead atoms. The molecule has 4 aliphatic rings. The molecule has 144 valence electrons. The van der Waals surface area contributed by atoms with Crippen molar-refractivity contribution in [1.82, 2.24) is 10.6 Å². The minimum Gasteiger partial charge on any atom is -0.359 e. The summed E-state index contributed by atoms with van der Waals surface area (Å²) in [6.07, 6.45) is 11.2. The van der Waals surface area contributed by atoms with Gasteiger partial charge in [-0.25, -0.2) is 4.39 Å². The summed E-state index contributed by atoms with van der Waals surface area (Å²) in [7, 11) is 0. The van der Waals surface area contributed by atoms with Crippen LogP contribution in [0.1, 0.15) is 51.0 Å². The van der Waals surface area contributed by atoms with Crippen LogP contribution < -0.4 is 10.6 Å². The summed E-state index contributed by atoms with van der Waals surface area (Å²) in [5.41, 5.74) is 1.11. The Hall–Kier alpha value is -1.75. The zero-order valence-corrected chi connectivity index (χ0v) is 16.5. The van der Waals surface area contributed by atoms with E-state index in [1.165, 1.54) is 56.7 Å². The first-order valence-electron chi connectivity index (χ1n) is 9.97. The molecule has 4 aliphatic carbocycles. The molecule has 1 aromatic rings. The Bertz CT molecular complexity index is 723. The smallest absolute Gasteiger partial charge is 0.250 e. The fourth-order valence-corrected chi connectivity index (χ4v) is 6.27. The molecule has 0 spiro atoms. The van der Waals surface area contributed by atoms with Crippen LogP contribution in [0.25, 0.3) is 6.08 Å². The Kier molecular flexibility index (Phi) is 5.06. The van der Waals surface area contributed by atoms with Gasteiger partial charge in [0.05, 0.1) is 0 Å². The SMILES string of the molecule is CC(NC(=S)NC(=O)C=Cc1ccc(F)cc1)C12CC3CC(CC(C3)C1)C2. The summed E-state index contributed by atoms with van der Waals surface area (Å²) in [6, 6.07) is 6.28. The van der Waals surface area contributed by atoms with E-state index < -0.39 is 0 Å². The van der Waals surface area contributed by atoms with Crippen LogP contribution in [0.4, 0.5) is 4.39 Å². The maximum Gasteiger partial charge on any atom is 0.250 e. The predicted octanol–water partition coefficient (Wildman–Crippen LogP) is 4.43. The maximum atomic E-state index is 12.9. The monoisotopic (exact) mass is 386 g/mol. The van der Waals surface area contributed by atoms with Gasteiger partial charge in [-0.2, -0.15) is 0 Å². The van der Waals surface area contributed by atoms with Crippen LogP contribution in [0, 0.1) is 29.0 Å². The molecule has 0 saturated heterocycles. The van der Waals surface area contributed by atoms with Crippen LogP contribution in [-0.4, -0.2) is 17.1 Å². The molecule has 0 aromatic heterocycles. The largest absolute Gasteiger partial charge is 0.359 e. The molecule has 2 N–H and O–H groups in total. The third kappa shape index (κ3) is 4.08. The minimum absolute atomic E-state index is 0.269. The first-order valence-corrected chi connectivity index (χ1v) is 10.4. The van der Waals surface area contributed by atoms with Crippen LogP contribution in [0.3, 0.4) is 0 Å². The van der Waals surface area contributed by atoms with E-state index >= 15 is 0 Å². The number of carbonyl (C=O) groups excluding carboxylic acids is 1. The summed E-state index contributed by atoms with van der Waals surface area (Å²) in [5.74, 6) is 2.11. The Morgan fingerprint density at radius 2 is 1.70 bits per heavy atom. The van der Waals surface area contributed by atoms with Crippen LogP contribution >= 0.6 is 12.2 Å². The molecule has 5 heteroatoms. The van der Waals surface area contributed by atoms with Crippen molar-refractivity contribution in [1.29, 1.82) is 0 Å². The number of rotatable bonds is 4. The Labute approximate surface area is 165 Å². The van der Waals surface area contributed by atoms with Gasteiger partial charge in [0.2, 0.25) is 5.91 Å². The standard InChI is InChI=1S/C22H27FN2OS/c1-14(22-11-16-8-17(12-22)10-18(9-16)13-22)24-21(27)25-20(26)7-4-15-2-5-19(23)6-3-15/h2-7,14,16-18H,8-13H2,1H3,(H2,24,25,26,27). The lowest BCUT2D eigenvalue weighted by Gasteiger charge is -2.59. The van der Waals surface area contributed by atoms with Crippen LogP contribution in [0.5, 0.6) is 0 Å². The van der Waals surface area contributed by atoms with E-state index in [2.05, 4.69) is 17.6 Å². The van der Waals surface area contributed by atoms with Gasteiger partial charge in [0.25, 0.3) is 0 Å². The minimum atomic E-state index is -0.291. The summed E-state index contributed by atoms with van der Waals surface area (Å²) < 4.78 is 12.9. The molecular formula is C22H27FN2OS. The lowest BCUT2D eigenvalue weighted by molar-refractivity contribution is -0.115. The summed E-state index contributed by atoms with van der Waals surface area (Å²) >= 11 is 5.38. The average molecular weight is 387 g/mol. The molecule has 3 nitrogen and oxygen atoms in total. The zero-order valence-electron chi connectivity index (χ0n) is 15.7. The van der Waals surface area contributed by atoms with Crippen molar-refractivity contribution < 1.29 is 9.18 Å². The summed E-state index contributed by atoms with van der Waals surface area (Å²) in [6.45, 7) is 2.22. The third-order valence-electron chi connectivity index (χ3n) is 6.89. The number of benzene rings is 1. The van der Waals surface area contributed by atoms with E-state index in [4.69, 9.17) is 12.2 Å². The normalized spacial score (nSPS) is 32.4. The maximum absolute atomic E-state index is 12.9. The lowest BCUT2D eigenvalue weighted by Crippen LogP contribution is -2.57. The van der Waals surface area contributed by atoms with Gasteiger partial charge in [-0.3, -0.25) is 10.1 Å². The van der Waals surface area contributed by atoms with Gasteiger partial charge >= 0.3 is 0 Å². The number of nitrogens with one attached hydrogen (secondary N) is 2. The van der Waals surface area contributed by atoms with Crippen molar-refractivity contribution in [3.8, 4) is 0 Å². The van der Waals surface area contributed by atoms with Crippen molar-refractivity contribution >= 4 is 29.3 Å². The van der Waals surface area contributed by atoms with E-state index in [0.29, 0.717) is 10.5 Å². The topological polar surface area (TPSA) is 41.1 Å². The van der Waals surface area contributed by atoms with Gasteiger partial charge in [0, 0.05) is 12.1 Å². The second-order valence-electron chi connectivity index (χ2n) is 8.85. The first kappa shape index (κ1) is 18.6. The number of halogens is 1. The second-order valence-corrected chi connectivity index (χ2v) is 9.26. The van der Waals surface area contributed by atoms with Crippen LogP contribution in [0.2, 0.25) is 0 Å². The molecule has 0 heterocycles. The third-order valence-corrected chi connectivity index (χ3v) is 7.11. The first-order chi connectivity index (χ1) is 12.9. The molecular weight excluding hydrogens is 359 g/mol. The number of hydrogen-bond donors (Lipinski definition) is 2. The number of amides is 1. The summed E-state index contributed by atoms with van der Waals surface area (Å²) in [5, 5.41) is 6.53. The Morgan fingerprint density at radius 1 is 1.15 bits per heavy atom. The van der Waals surface area contributed by atoms with E-state index in [9.17, 15) is 9.18 Å². The number of hydrogen-bond acceptors (Lipinski definition) is 2. The van der Waals surface area contributed by atoms with Crippen molar-refractivity contribution in [3.63, 3.8) is 0 Å². The highest BCUT2D eigenvalue weighted by Gasteiger charge is 2.53. The molecule has 0 aliphatic heterocycles. The van der Waals surface area contributed by atoms with Gasteiger partial charge in [-0.15, -0.1) is 0 Å². The van der Waals surface area contributed by atoms with Gasteiger partial charge in [0.15, 0.2) is 5.11 Å². The highest BCUT2D eigenvalue weighted by molar-refractivity contribution is 7.80. The molecule has 4 fully saturated rings. The van der Waals surface area contributed by atoms with Gasteiger partial charge in [-0.1, -0.05) is 12.1 Å². The van der Waals surface area contributed by atoms with Crippen molar-refractivity contribution in [2.24, 2.45) is 23.2 Å². The second kappa shape index (κ2) is 7.34. The van der Waals surface area contributed by atoms with E-state index in [1.54, 1.807) is 18.2 Å². The van der Waals surface area contributed by atoms with Crippen LogP contribution in [0.15, 0.2) is 30.3 Å². The average Bonchev–Trinajstić information content (AvgIpc) is 2.60. The lowest BCUT2D eigenvalue weighted by atomic mass is 9.48. The molecule has 4 saturated carbocycles. The Balaban J connectivity index is 1.31. The number of carbonyl (C=O) groups is 1. The van der Waals surface area contributed by atoms with Crippen molar-refractivity contribution in [2.45, 2.75) is 51.5 Å². The van der Waals surface area contributed by atoms with Crippen LogP contribution in [-0.2, 0) is 4.79 Å². The predicted molar refractivity (Wildman–Crippen MR) is 109 cm³/mol. The number of thiocarbonyl (C=S) groups is 1. The molecule has 27 heavy (non-hydrogen) atoms. The van der Waals surface area contributed by atoms with E-state index in [-0.39, 0.29) is 17.8 Å². The van der Waals surface area contributed by atoms with Gasteiger partial charge < -0.3 is 5.32 Å². The molecule has 1 atom stereocenters. The van der Waals surface area contributed by atoms with Crippen molar-refractivity contribution in [3.05, 3.63) is 41.7 Å². The molecule has 1 unspecified atom stereocenters. The van der Waals surface area contributed by atoms with Gasteiger partial charge in [0.1, 0.15) is 5.82 Å². The molecule has 0 radical (unpaired) electrons. The highest BCUT2D eigenvalue weighted by atomic mass is 32.1. The fraction of sp³-hybridized carbons (Fsp3) is 0.545. The van der Waals surface area contributed by atoms with Gasteiger partial charge in [-0.05, 0) is 105 Å². The van der Waals surface area contributed by atoms with E-state index in [1.807, 2.05) is 0 Å². The molecule has 5 rings (SSSR count). The molecule has 1 amide bonds. The van der Waals surface area contributed by atoms with E-state index in [0.717, 1.165) is 23.3 Å². The summed E-state index contributed by atoms with van der Waals surface area (Å²) in [4.78, 5) is 12.1. The molecule has 1 aromatic carbocycles. The fourth-order valence-electron chi connectivity index (χ4n) is 5.99. The van der Waals surface area contributed by atoms with Crippen molar-refractivity contribution in [2.75, 3.05) is 0 Å².